The van der Waals surface area contributed by atoms with Gasteiger partial charge in [0.1, 0.15) is 5.60 Å². The van der Waals surface area contributed by atoms with Crippen LogP contribution in [0.1, 0.15) is 53.4 Å². The first-order chi connectivity index (χ1) is 13.9. The summed E-state index contributed by atoms with van der Waals surface area (Å²) in [6.45, 7) is 8.48. The smallest absolute Gasteiger partial charge is 0.407 e. The molecule has 0 saturated carbocycles. The highest BCUT2D eigenvalue weighted by Gasteiger charge is 2.34. The van der Waals surface area contributed by atoms with Gasteiger partial charge in [-0.05, 0) is 46.1 Å². The molecule has 1 rings (SSSR count). The molecule has 0 radical (unpaired) electrons. The largest absolute Gasteiger partial charge is 0.444 e. The first-order valence-corrected chi connectivity index (χ1v) is 10.6. The van der Waals surface area contributed by atoms with Gasteiger partial charge in [0.2, 0.25) is 0 Å². The molecule has 2 unspecified atom stereocenters. The van der Waals surface area contributed by atoms with Gasteiger partial charge in [-0.1, -0.05) is 19.8 Å². The summed E-state index contributed by atoms with van der Waals surface area (Å²) < 4.78 is 42.9. The SMILES string of the molecule is CCCCC(CNC(=O)OC(C)(C)C)NC(=NC)NCC1CCN(CC(F)(F)F)C1. The molecule has 0 aromatic rings. The summed E-state index contributed by atoms with van der Waals surface area (Å²) in [5.74, 6) is 0.719. The number of alkyl carbamates (subject to hydrolysis) is 1. The van der Waals surface area contributed by atoms with Crippen molar-refractivity contribution in [1.29, 1.82) is 0 Å². The van der Waals surface area contributed by atoms with Crippen molar-refractivity contribution >= 4 is 12.1 Å². The highest BCUT2D eigenvalue weighted by Crippen LogP contribution is 2.22. The van der Waals surface area contributed by atoms with E-state index in [4.69, 9.17) is 4.74 Å². The number of aliphatic imine (C=N–C) groups is 1. The Morgan fingerprint density at radius 3 is 2.53 bits per heavy atom. The summed E-state index contributed by atoms with van der Waals surface area (Å²) in [6, 6.07) is -0.0334. The molecule has 176 valence electrons. The van der Waals surface area contributed by atoms with Crippen LogP contribution < -0.4 is 16.0 Å². The molecule has 1 heterocycles. The lowest BCUT2D eigenvalue weighted by Crippen LogP contribution is -2.49. The van der Waals surface area contributed by atoms with Gasteiger partial charge in [-0.25, -0.2) is 4.79 Å². The highest BCUT2D eigenvalue weighted by molar-refractivity contribution is 5.80. The van der Waals surface area contributed by atoms with Crippen LogP contribution in [-0.2, 0) is 4.74 Å². The average molecular weight is 438 g/mol. The molecule has 7 nitrogen and oxygen atoms in total. The van der Waals surface area contributed by atoms with Crippen molar-refractivity contribution < 1.29 is 22.7 Å². The van der Waals surface area contributed by atoms with E-state index in [2.05, 4.69) is 27.9 Å². The van der Waals surface area contributed by atoms with E-state index in [9.17, 15) is 18.0 Å². The number of guanidine groups is 1. The Kier molecular flexibility index (Phi) is 10.7. The molecule has 1 aliphatic rings. The average Bonchev–Trinajstić information content (AvgIpc) is 3.04. The number of hydrogen-bond donors (Lipinski definition) is 3. The number of halogens is 3. The molecule has 1 saturated heterocycles. The van der Waals surface area contributed by atoms with Crippen molar-refractivity contribution in [1.82, 2.24) is 20.9 Å². The van der Waals surface area contributed by atoms with Crippen molar-refractivity contribution in [3.05, 3.63) is 0 Å². The third kappa shape index (κ3) is 12.1. The van der Waals surface area contributed by atoms with E-state index >= 15 is 0 Å². The zero-order chi connectivity index (χ0) is 22.8. The minimum atomic E-state index is -4.16. The summed E-state index contributed by atoms with van der Waals surface area (Å²) >= 11 is 0. The topological polar surface area (TPSA) is 78.0 Å². The molecular weight excluding hydrogens is 399 g/mol. The molecule has 1 amide bonds. The Balaban J connectivity index is 2.47. The quantitative estimate of drug-likeness (QED) is 0.382. The van der Waals surface area contributed by atoms with Gasteiger partial charge in [-0.15, -0.1) is 0 Å². The number of ether oxygens (including phenoxy) is 1. The van der Waals surface area contributed by atoms with Crippen LogP contribution in [0.25, 0.3) is 0 Å². The number of carbonyl (C=O) groups is 1. The van der Waals surface area contributed by atoms with Gasteiger partial charge in [0.25, 0.3) is 0 Å². The van der Waals surface area contributed by atoms with Gasteiger partial charge in [0.05, 0.1) is 6.54 Å². The van der Waals surface area contributed by atoms with E-state index < -0.39 is 24.4 Å². The fourth-order valence-corrected chi connectivity index (χ4v) is 3.30. The predicted octanol–water partition coefficient (Wildman–Crippen LogP) is 3.12. The van der Waals surface area contributed by atoms with Gasteiger partial charge in [0.15, 0.2) is 5.96 Å². The second-order valence-electron chi connectivity index (χ2n) is 8.82. The minimum absolute atomic E-state index is 0.0334. The van der Waals surface area contributed by atoms with Crippen LogP contribution in [-0.4, -0.2) is 74.5 Å². The maximum Gasteiger partial charge on any atom is 0.407 e. The number of likely N-dealkylation sites (tertiary alicyclic amines) is 1. The summed E-state index contributed by atoms with van der Waals surface area (Å²) in [6.07, 6.45) is -1.06. The van der Waals surface area contributed by atoms with E-state index in [0.29, 0.717) is 32.1 Å². The maximum atomic E-state index is 12.5. The molecule has 0 aromatic heterocycles. The molecular formula is C20H38F3N5O2. The normalized spacial score (nSPS) is 19.5. The molecule has 1 fully saturated rings. The Morgan fingerprint density at radius 1 is 1.27 bits per heavy atom. The summed E-state index contributed by atoms with van der Waals surface area (Å²) in [5, 5.41) is 9.30. The highest BCUT2D eigenvalue weighted by atomic mass is 19.4. The Morgan fingerprint density at radius 2 is 1.97 bits per heavy atom. The molecule has 0 aliphatic carbocycles. The van der Waals surface area contributed by atoms with Crippen LogP contribution in [0.5, 0.6) is 0 Å². The summed E-state index contributed by atoms with van der Waals surface area (Å²) in [4.78, 5) is 17.6. The lowest BCUT2D eigenvalue weighted by molar-refractivity contribution is -0.143. The van der Waals surface area contributed by atoms with E-state index in [-0.39, 0.29) is 12.0 Å². The van der Waals surface area contributed by atoms with Gasteiger partial charge in [-0.2, -0.15) is 13.2 Å². The van der Waals surface area contributed by atoms with E-state index in [0.717, 1.165) is 25.7 Å². The molecule has 30 heavy (non-hydrogen) atoms. The monoisotopic (exact) mass is 437 g/mol. The predicted molar refractivity (Wildman–Crippen MR) is 113 cm³/mol. The van der Waals surface area contributed by atoms with Crippen molar-refractivity contribution in [3.8, 4) is 0 Å². The second-order valence-corrected chi connectivity index (χ2v) is 8.82. The van der Waals surface area contributed by atoms with Gasteiger partial charge in [0, 0.05) is 32.7 Å². The fraction of sp³-hybridized carbons (Fsp3) is 0.900. The number of alkyl halides is 3. The first-order valence-electron chi connectivity index (χ1n) is 10.6. The molecule has 10 heteroatoms. The Labute approximate surface area is 178 Å². The van der Waals surface area contributed by atoms with Crippen molar-refractivity contribution in [2.24, 2.45) is 10.9 Å². The molecule has 0 spiro atoms. The number of unbranched alkanes of at least 4 members (excludes halogenated alkanes) is 1. The van der Waals surface area contributed by atoms with Crippen molar-refractivity contribution in [2.45, 2.75) is 71.2 Å². The lowest BCUT2D eigenvalue weighted by Gasteiger charge is -2.24. The Bertz CT molecular complexity index is 550. The van der Waals surface area contributed by atoms with Crippen LogP contribution in [0.15, 0.2) is 4.99 Å². The van der Waals surface area contributed by atoms with Gasteiger partial charge in [-0.3, -0.25) is 9.89 Å². The van der Waals surface area contributed by atoms with Crippen LogP contribution >= 0.6 is 0 Å². The van der Waals surface area contributed by atoms with Crippen LogP contribution in [0.3, 0.4) is 0 Å². The lowest BCUT2D eigenvalue weighted by atomic mass is 10.1. The molecule has 2 atom stereocenters. The molecule has 3 N–H and O–H groups in total. The third-order valence-corrected chi connectivity index (χ3v) is 4.69. The molecule has 0 bridgehead atoms. The number of nitrogens with zero attached hydrogens (tertiary/aromatic N) is 2. The molecule has 1 aliphatic heterocycles. The van der Waals surface area contributed by atoms with Gasteiger partial charge >= 0.3 is 12.3 Å². The zero-order valence-corrected chi connectivity index (χ0v) is 18.9. The number of rotatable bonds is 9. The summed E-state index contributed by atoms with van der Waals surface area (Å²) in [7, 11) is 1.65. The van der Waals surface area contributed by atoms with Crippen LogP contribution in [0.2, 0.25) is 0 Å². The van der Waals surface area contributed by atoms with E-state index in [1.165, 1.54) is 4.90 Å². The second kappa shape index (κ2) is 12.2. The number of hydrogen-bond acceptors (Lipinski definition) is 4. The van der Waals surface area contributed by atoms with Gasteiger partial charge < -0.3 is 20.7 Å². The van der Waals surface area contributed by atoms with E-state index in [1.807, 2.05) is 20.8 Å². The first kappa shape index (κ1) is 26.3. The van der Waals surface area contributed by atoms with Crippen molar-refractivity contribution in [2.75, 3.05) is 39.8 Å². The summed E-state index contributed by atoms with van der Waals surface area (Å²) in [5.41, 5.74) is -0.560. The maximum absolute atomic E-state index is 12.5. The van der Waals surface area contributed by atoms with Crippen molar-refractivity contribution in [3.63, 3.8) is 0 Å². The minimum Gasteiger partial charge on any atom is -0.444 e. The molecule has 0 aromatic carbocycles. The standard InChI is InChI=1S/C20H38F3N5O2/c1-6-7-8-16(12-26-18(29)30-19(2,3)4)27-17(24-5)25-11-15-9-10-28(13-15)14-20(21,22)23/h15-16H,6-14H2,1-5H3,(H,26,29)(H2,24,25,27). The number of carbonyl (C=O) groups excluding carboxylic acids is 1. The van der Waals surface area contributed by atoms with E-state index in [1.54, 1.807) is 7.05 Å². The van der Waals surface area contributed by atoms with Crippen LogP contribution in [0.4, 0.5) is 18.0 Å². The Hall–Kier alpha value is -1.71. The zero-order valence-electron chi connectivity index (χ0n) is 18.9. The number of nitrogens with one attached hydrogen (secondary N) is 3. The fourth-order valence-electron chi connectivity index (χ4n) is 3.30. The van der Waals surface area contributed by atoms with Crippen LogP contribution in [0, 0.1) is 5.92 Å². The third-order valence-electron chi connectivity index (χ3n) is 4.69. The number of amides is 1.